The minimum atomic E-state index is -0.228. The van der Waals surface area contributed by atoms with Crippen LogP contribution >= 0.6 is 0 Å². The minimum absolute atomic E-state index is 0.228. The van der Waals surface area contributed by atoms with Gasteiger partial charge in [-0.3, -0.25) is 0 Å². The average molecular weight is 227 g/mol. The lowest BCUT2D eigenvalue weighted by Crippen LogP contribution is -2.12. The highest BCUT2D eigenvalue weighted by molar-refractivity contribution is 5.50. The lowest BCUT2D eigenvalue weighted by Gasteiger charge is -2.09. The van der Waals surface area contributed by atoms with Gasteiger partial charge in [0.1, 0.15) is 5.82 Å². The highest BCUT2D eigenvalue weighted by Crippen LogP contribution is 2.15. The van der Waals surface area contributed by atoms with E-state index in [0.717, 1.165) is 11.3 Å². The molecule has 0 saturated carbocycles. The summed E-state index contributed by atoms with van der Waals surface area (Å²) in [5.41, 5.74) is 1.84. The molecule has 0 amide bonds. The first-order chi connectivity index (χ1) is 7.74. The fourth-order valence-electron chi connectivity index (χ4n) is 1.29. The molecule has 4 heteroatoms. The van der Waals surface area contributed by atoms with Gasteiger partial charge in [-0.05, 0) is 24.6 Å². The predicted molar refractivity (Wildman–Crippen MR) is 62.3 cm³/mol. The van der Waals surface area contributed by atoms with Crippen LogP contribution in [0.1, 0.15) is 5.56 Å². The lowest BCUT2D eigenvalue weighted by atomic mass is 10.2. The molecule has 0 radical (unpaired) electrons. The van der Waals surface area contributed by atoms with Crippen LogP contribution in [0.15, 0.2) is 18.2 Å². The first kappa shape index (κ1) is 12.9. The van der Waals surface area contributed by atoms with Gasteiger partial charge in [-0.25, -0.2) is 4.39 Å². The van der Waals surface area contributed by atoms with E-state index in [1.54, 1.807) is 13.2 Å². The fraction of sp³-hybridized carbons (Fsp3) is 0.500. The zero-order valence-electron chi connectivity index (χ0n) is 9.75. The highest BCUT2D eigenvalue weighted by atomic mass is 19.1. The first-order valence-corrected chi connectivity index (χ1v) is 5.30. The monoisotopic (exact) mass is 227 g/mol. The molecular formula is C12H18FNO2. The van der Waals surface area contributed by atoms with Crippen molar-refractivity contribution >= 4 is 5.69 Å². The van der Waals surface area contributed by atoms with Crippen molar-refractivity contribution in [1.82, 2.24) is 0 Å². The Bertz CT molecular complexity index is 318. The largest absolute Gasteiger partial charge is 0.382 e. The van der Waals surface area contributed by atoms with E-state index >= 15 is 0 Å². The normalized spacial score (nSPS) is 10.4. The van der Waals surface area contributed by atoms with E-state index in [9.17, 15) is 4.39 Å². The standard InChI is InChI=1S/C12H18FNO2/c1-10-3-4-11(13)9-12(10)14-5-6-16-8-7-15-2/h3-4,9,14H,5-8H2,1-2H3. The highest BCUT2D eigenvalue weighted by Gasteiger charge is 1.99. The fourth-order valence-corrected chi connectivity index (χ4v) is 1.29. The van der Waals surface area contributed by atoms with Crippen molar-refractivity contribution in [3.63, 3.8) is 0 Å². The van der Waals surface area contributed by atoms with Crippen molar-refractivity contribution in [3.05, 3.63) is 29.6 Å². The lowest BCUT2D eigenvalue weighted by molar-refractivity contribution is 0.0759. The van der Waals surface area contributed by atoms with Gasteiger partial charge in [0.05, 0.1) is 19.8 Å². The maximum atomic E-state index is 12.9. The molecule has 1 aromatic carbocycles. The van der Waals surface area contributed by atoms with Crippen LogP contribution in [0.2, 0.25) is 0 Å². The molecule has 0 aliphatic carbocycles. The third kappa shape index (κ3) is 4.59. The molecule has 0 aromatic heterocycles. The van der Waals surface area contributed by atoms with Crippen LogP contribution in [0, 0.1) is 12.7 Å². The molecule has 0 spiro atoms. The second-order valence-electron chi connectivity index (χ2n) is 3.49. The molecule has 0 atom stereocenters. The van der Waals surface area contributed by atoms with Crippen LogP contribution in [-0.4, -0.2) is 33.5 Å². The van der Waals surface area contributed by atoms with Gasteiger partial charge >= 0.3 is 0 Å². The molecule has 0 heterocycles. The van der Waals surface area contributed by atoms with Crippen LogP contribution in [0.4, 0.5) is 10.1 Å². The summed E-state index contributed by atoms with van der Waals surface area (Å²) in [5.74, 6) is -0.228. The van der Waals surface area contributed by atoms with Crippen LogP contribution in [-0.2, 0) is 9.47 Å². The summed E-state index contributed by atoms with van der Waals surface area (Å²) in [6.45, 7) is 4.36. The predicted octanol–water partition coefficient (Wildman–Crippen LogP) is 2.21. The Morgan fingerprint density at radius 3 is 2.81 bits per heavy atom. The first-order valence-electron chi connectivity index (χ1n) is 5.30. The Morgan fingerprint density at radius 2 is 2.06 bits per heavy atom. The van der Waals surface area contributed by atoms with Gasteiger partial charge < -0.3 is 14.8 Å². The molecule has 0 saturated heterocycles. The summed E-state index contributed by atoms with van der Waals surface area (Å²) in [5, 5.41) is 3.12. The summed E-state index contributed by atoms with van der Waals surface area (Å²) in [7, 11) is 1.64. The molecular weight excluding hydrogens is 209 g/mol. The number of hydrogen-bond donors (Lipinski definition) is 1. The summed E-state index contributed by atoms with van der Waals surface area (Å²) >= 11 is 0. The minimum Gasteiger partial charge on any atom is -0.382 e. The topological polar surface area (TPSA) is 30.5 Å². The van der Waals surface area contributed by atoms with Crippen molar-refractivity contribution in [2.45, 2.75) is 6.92 Å². The van der Waals surface area contributed by atoms with Gasteiger partial charge in [0.2, 0.25) is 0 Å². The molecule has 0 aliphatic heterocycles. The molecule has 3 nitrogen and oxygen atoms in total. The number of ether oxygens (including phenoxy) is 2. The molecule has 1 rings (SSSR count). The number of rotatable bonds is 7. The Hall–Kier alpha value is -1.13. The van der Waals surface area contributed by atoms with Gasteiger partial charge in [-0.1, -0.05) is 6.07 Å². The molecule has 0 fully saturated rings. The zero-order valence-corrected chi connectivity index (χ0v) is 9.75. The molecule has 0 unspecified atom stereocenters. The number of benzene rings is 1. The van der Waals surface area contributed by atoms with Crippen molar-refractivity contribution in [2.75, 3.05) is 38.8 Å². The zero-order chi connectivity index (χ0) is 11.8. The van der Waals surface area contributed by atoms with E-state index in [4.69, 9.17) is 9.47 Å². The molecule has 16 heavy (non-hydrogen) atoms. The molecule has 90 valence electrons. The Balaban J connectivity index is 2.23. The van der Waals surface area contributed by atoms with Crippen molar-refractivity contribution in [1.29, 1.82) is 0 Å². The molecule has 1 aromatic rings. The number of aryl methyl sites for hydroxylation is 1. The summed E-state index contributed by atoms with van der Waals surface area (Å²) < 4.78 is 23.1. The smallest absolute Gasteiger partial charge is 0.125 e. The van der Waals surface area contributed by atoms with Gasteiger partial charge in [0.25, 0.3) is 0 Å². The van der Waals surface area contributed by atoms with Crippen molar-refractivity contribution < 1.29 is 13.9 Å². The van der Waals surface area contributed by atoms with E-state index in [0.29, 0.717) is 26.4 Å². The van der Waals surface area contributed by atoms with E-state index < -0.39 is 0 Å². The summed E-state index contributed by atoms with van der Waals surface area (Å²) in [4.78, 5) is 0. The molecule has 1 N–H and O–H groups in total. The molecule has 0 aliphatic rings. The quantitative estimate of drug-likeness (QED) is 0.724. The molecule has 0 bridgehead atoms. The van der Waals surface area contributed by atoms with E-state index in [2.05, 4.69) is 5.32 Å². The number of methoxy groups -OCH3 is 1. The van der Waals surface area contributed by atoms with Crippen LogP contribution in [0.5, 0.6) is 0 Å². The summed E-state index contributed by atoms with van der Waals surface area (Å²) in [6.07, 6.45) is 0. The van der Waals surface area contributed by atoms with Crippen molar-refractivity contribution in [3.8, 4) is 0 Å². The average Bonchev–Trinajstić information content (AvgIpc) is 2.28. The maximum absolute atomic E-state index is 12.9. The Kier molecular flexibility index (Phi) is 5.82. The van der Waals surface area contributed by atoms with Crippen LogP contribution in [0.3, 0.4) is 0 Å². The van der Waals surface area contributed by atoms with Gasteiger partial charge in [0, 0.05) is 19.3 Å². The van der Waals surface area contributed by atoms with Gasteiger partial charge in [-0.2, -0.15) is 0 Å². The van der Waals surface area contributed by atoms with Gasteiger partial charge in [0.15, 0.2) is 0 Å². The number of hydrogen-bond acceptors (Lipinski definition) is 3. The van der Waals surface area contributed by atoms with Crippen LogP contribution < -0.4 is 5.32 Å². The second-order valence-corrected chi connectivity index (χ2v) is 3.49. The van der Waals surface area contributed by atoms with E-state index in [-0.39, 0.29) is 5.82 Å². The number of halogens is 1. The second kappa shape index (κ2) is 7.19. The third-order valence-corrected chi connectivity index (χ3v) is 2.19. The maximum Gasteiger partial charge on any atom is 0.125 e. The third-order valence-electron chi connectivity index (χ3n) is 2.19. The summed E-state index contributed by atoms with van der Waals surface area (Å²) in [6, 6.07) is 4.70. The number of anilines is 1. The van der Waals surface area contributed by atoms with E-state index in [1.165, 1.54) is 12.1 Å². The number of nitrogens with one attached hydrogen (secondary N) is 1. The SMILES string of the molecule is COCCOCCNc1cc(F)ccc1C. The Labute approximate surface area is 95.6 Å². The van der Waals surface area contributed by atoms with Crippen molar-refractivity contribution in [2.24, 2.45) is 0 Å². The van der Waals surface area contributed by atoms with Crippen LogP contribution in [0.25, 0.3) is 0 Å². The Morgan fingerprint density at radius 1 is 1.25 bits per heavy atom. The van der Waals surface area contributed by atoms with E-state index in [1.807, 2.05) is 6.92 Å². The van der Waals surface area contributed by atoms with Gasteiger partial charge in [-0.15, -0.1) is 0 Å².